The molecule has 0 radical (unpaired) electrons. The van der Waals surface area contributed by atoms with Gasteiger partial charge in [0.05, 0.1) is 24.1 Å². The Morgan fingerprint density at radius 3 is 2.22 bits per heavy atom. The Morgan fingerprint density at radius 1 is 0.946 bits per heavy atom. The number of carbonyl (C=O) groups excluding carboxylic acids is 1. The summed E-state index contributed by atoms with van der Waals surface area (Å²) >= 11 is 7.06. The molecule has 6 nitrogen and oxygen atoms in total. The number of aromatic nitrogens is 2. The molecule has 2 aromatic heterocycles. The molecule has 0 aliphatic heterocycles. The molecule has 0 aliphatic carbocycles. The Balaban J connectivity index is 1.37. The van der Waals surface area contributed by atoms with E-state index in [1.54, 1.807) is 0 Å². The van der Waals surface area contributed by atoms with E-state index in [4.69, 9.17) is 22.1 Å². The Morgan fingerprint density at radius 2 is 1.57 bits per heavy atom. The number of hydrogen-bond acceptors (Lipinski definition) is 5. The minimum Gasteiger partial charge on any atom is -0.465 e. The molecule has 8 heteroatoms. The number of ether oxygens (including phenoxy) is 1. The molecule has 0 fully saturated rings. The van der Waals surface area contributed by atoms with Crippen LogP contribution in [0.3, 0.4) is 0 Å². The van der Waals surface area contributed by atoms with Crippen LogP contribution in [0.15, 0.2) is 103 Å². The highest BCUT2D eigenvalue weighted by molar-refractivity contribution is 7.80. The fraction of sp³-hybridized carbons (Fsp3) is 0.0690. The molecule has 0 amide bonds. The first-order chi connectivity index (χ1) is 18.1. The maximum absolute atomic E-state index is 12.4. The van der Waals surface area contributed by atoms with Crippen molar-refractivity contribution < 1.29 is 9.53 Å². The number of thiophene rings is 1. The van der Waals surface area contributed by atoms with Crippen molar-refractivity contribution in [2.75, 3.05) is 12.4 Å². The van der Waals surface area contributed by atoms with Crippen molar-refractivity contribution in [1.82, 2.24) is 15.1 Å². The molecule has 2 N–H and O–H groups in total. The third kappa shape index (κ3) is 5.61. The Hall–Kier alpha value is -4.27. The van der Waals surface area contributed by atoms with Gasteiger partial charge in [0.15, 0.2) is 5.11 Å². The quantitative estimate of drug-likeness (QED) is 0.186. The molecule has 0 aliphatic rings. The Bertz CT molecular complexity index is 1510. The number of benzene rings is 3. The lowest BCUT2D eigenvalue weighted by Crippen LogP contribution is -2.28. The first-order valence-corrected chi connectivity index (χ1v) is 12.9. The fourth-order valence-corrected chi connectivity index (χ4v) is 5.20. The lowest BCUT2D eigenvalue weighted by Gasteiger charge is -2.10. The molecule has 0 atom stereocenters. The summed E-state index contributed by atoms with van der Waals surface area (Å²) in [6.07, 6.45) is 2.01. The molecule has 0 saturated carbocycles. The second-order valence-electron chi connectivity index (χ2n) is 8.17. The summed E-state index contributed by atoms with van der Waals surface area (Å²) in [4.78, 5) is 13.4. The Kier molecular flexibility index (Phi) is 7.39. The topological polar surface area (TPSA) is 68.2 Å². The highest BCUT2D eigenvalue weighted by atomic mass is 32.1. The first-order valence-electron chi connectivity index (χ1n) is 11.6. The smallest absolute Gasteiger partial charge is 0.340 e. The zero-order valence-electron chi connectivity index (χ0n) is 20.0. The number of nitrogens with zero attached hydrogens (tertiary/aromatic N) is 2. The molecule has 3 aromatic carbocycles. The number of carbonyl (C=O) groups is 1. The predicted octanol–water partition coefficient (Wildman–Crippen LogP) is 6.54. The third-order valence-electron chi connectivity index (χ3n) is 5.72. The van der Waals surface area contributed by atoms with Gasteiger partial charge in [-0.25, -0.2) is 9.48 Å². The number of rotatable bonds is 7. The standard InChI is InChI=1S/C29H24N4O2S2/c1-35-28(34)24-17-25(20-11-5-2-6-12-20)37-27(24)31-29(36)30-18-22-19-33(23-15-9-4-10-16-23)32-26(22)21-13-7-3-8-14-21/h2-17,19H,18H2,1H3,(H2,30,31,36). The summed E-state index contributed by atoms with van der Waals surface area (Å²) in [5, 5.41) is 12.4. The molecule has 0 bridgehead atoms. The van der Waals surface area contributed by atoms with E-state index < -0.39 is 5.97 Å². The van der Waals surface area contributed by atoms with E-state index in [-0.39, 0.29) is 0 Å². The van der Waals surface area contributed by atoms with Crippen LogP contribution in [0.4, 0.5) is 5.00 Å². The van der Waals surface area contributed by atoms with Crippen molar-refractivity contribution >= 4 is 39.6 Å². The molecule has 37 heavy (non-hydrogen) atoms. The Labute approximate surface area is 224 Å². The normalized spacial score (nSPS) is 10.6. The van der Waals surface area contributed by atoms with Crippen LogP contribution in [0, 0.1) is 0 Å². The van der Waals surface area contributed by atoms with E-state index in [0.717, 1.165) is 32.9 Å². The maximum atomic E-state index is 12.4. The van der Waals surface area contributed by atoms with Crippen molar-refractivity contribution in [2.24, 2.45) is 0 Å². The minimum absolute atomic E-state index is 0.401. The number of para-hydroxylation sites is 1. The zero-order chi connectivity index (χ0) is 25.6. The van der Waals surface area contributed by atoms with Gasteiger partial charge in [-0.15, -0.1) is 11.3 Å². The molecule has 0 spiro atoms. The number of hydrogen-bond donors (Lipinski definition) is 2. The van der Waals surface area contributed by atoms with Crippen LogP contribution in [0.5, 0.6) is 0 Å². The maximum Gasteiger partial charge on any atom is 0.340 e. The monoisotopic (exact) mass is 524 g/mol. The molecular weight excluding hydrogens is 500 g/mol. The SMILES string of the molecule is COC(=O)c1cc(-c2ccccc2)sc1NC(=S)NCc1cn(-c2ccccc2)nc1-c1ccccc1. The van der Waals surface area contributed by atoms with Crippen LogP contribution in [-0.2, 0) is 11.3 Å². The largest absolute Gasteiger partial charge is 0.465 e. The average Bonchev–Trinajstić information content (AvgIpc) is 3.58. The van der Waals surface area contributed by atoms with E-state index in [1.165, 1.54) is 18.4 Å². The second-order valence-corrected chi connectivity index (χ2v) is 9.63. The summed E-state index contributed by atoms with van der Waals surface area (Å²) in [5.74, 6) is -0.417. The number of methoxy groups -OCH3 is 1. The second kappa shape index (κ2) is 11.2. The van der Waals surface area contributed by atoms with E-state index in [9.17, 15) is 4.79 Å². The van der Waals surface area contributed by atoms with Gasteiger partial charge in [-0.05, 0) is 36.0 Å². The van der Waals surface area contributed by atoms with Gasteiger partial charge in [0.2, 0.25) is 0 Å². The van der Waals surface area contributed by atoms with Crippen molar-refractivity contribution in [3.8, 4) is 27.4 Å². The van der Waals surface area contributed by atoms with Gasteiger partial charge >= 0.3 is 5.97 Å². The number of thiocarbonyl (C=S) groups is 1. The van der Waals surface area contributed by atoms with Crippen LogP contribution >= 0.6 is 23.6 Å². The average molecular weight is 525 g/mol. The van der Waals surface area contributed by atoms with Gasteiger partial charge in [-0.1, -0.05) is 78.9 Å². The summed E-state index contributed by atoms with van der Waals surface area (Å²) in [6.45, 7) is 0.452. The summed E-state index contributed by atoms with van der Waals surface area (Å²) in [7, 11) is 1.37. The molecule has 5 aromatic rings. The van der Waals surface area contributed by atoms with Crippen molar-refractivity contribution in [2.45, 2.75) is 6.54 Å². The van der Waals surface area contributed by atoms with Gasteiger partial charge in [0, 0.05) is 28.7 Å². The number of nitrogens with one attached hydrogen (secondary N) is 2. The molecule has 0 saturated heterocycles. The lowest BCUT2D eigenvalue weighted by atomic mass is 10.1. The summed E-state index contributed by atoms with van der Waals surface area (Å²) in [5.41, 5.74) is 5.32. The molecular formula is C29H24N4O2S2. The molecule has 2 heterocycles. The predicted molar refractivity (Wildman–Crippen MR) is 153 cm³/mol. The van der Waals surface area contributed by atoms with Crippen LogP contribution in [-0.4, -0.2) is 28.0 Å². The number of esters is 1. The molecule has 0 unspecified atom stereocenters. The van der Waals surface area contributed by atoms with Gasteiger partial charge in [0.1, 0.15) is 5.00 Å². The zero-order valence-corrected chi connectivity index (χ0v) is 21.7. The molecule has 5 rings (SSSR count). The van der Waals surface area contributed by atoms with Crippen LogP contribution < -0.4 is 10.6 Å². The van der Waals surface area contributed by atoms with Gasteiger partial charge in [0.25, 0.3) is 0 Å². The van der Waals surface area contributed by atoms with Crippen molar-refractivity contribution in [3.05, 3.63) is 114 Å². The van der Waals surface area contributed by atoms with Crippen LogP contribution in [0.2, 0.25) is 0 Å². The van der Waals surface area contributed by atoms with Crippen molar-refractivity contribution in [1.29, 1.82) is 0 Å². The minimum atomic E-state index is -0.417. The van der Waals surface area contributed by atoms with E-state index in [1.807, 2.05) is 108 Å². The lowest BCUT2D eigenvalue weighted by molar-refractivity contribution is 0.0602. The van der Waals surface area contributed by atoms with E-state index in [2.05, 4.69) is 10.6 Å². The van der Waals surface area contributed by atoms with E-state index >= 15 is 0 Å². The summed E-state index contributed by atoms with van der Waals surface area (Å²) < 4.78 is 6.87. The van der Waals surface area contributed by atoms with Gasteiger partial charge in [-0.2, -0.15) is 5.10 Å². The highest BCUT2D eigenvalue weighted by Gasteiger charge is 2.19. The van der Waals surface area contributed by atoms with E-state index in [0.29, 0.717) is 22.2 Å². The summed E-state index contributed by atoms with van der Waals surface area (Å²) in [6, 6.07) is 31.8. The first kappa shape index (κ1) is 24.4. The van der Waals surface area contributed by atoms with Crippen LogP contribution in [0.25, 0.3) is 27.4 Å². The van der Waals surface area contributed by atoms with Gasteiger partial charge < -0.3 is 15.4 Å². The fourth-order valence-electron chi connectivity index (χ4n) is 3.90. The van der Waals surface area contributed by atoms with Gasteiger partial charge in [-0.3, -0.25) is 0 Å². The molecule has 184 valence electrons. The van der Waals surface area contributed by atoms with Crippen molar-refractivity contribution in [3.63, 3.8) is 0 Å². The van der Waals surface area contributed by atoms with Crippen LogP contribution in [0.1, 0.15) is 15.9 Å². The number of anilines is 1. The highest BCUT2D eigenvalue weighted by Crippen LogP contribution is 2.36. The third-order valence-corrected chi connectivity index (χ3v) is 7.07.